The lowest BCUT2D eigenvalue weighted by molar-refractivity contribution is 0.0947. The van der Waals surface area contributed by atoms with Crippen LogP contribution in [0, 0.1) is 12.8 Å². The second-order valence-corrected chi connectivity index (χ2v) is 4.86. The first-order valence-electron chi connectivity index (χ1n) is 6.24. The van der Waals surface area contributed by atoms with Crippen LogP contribution in [-0.4, -0.2) is 17.6 Å². The van der Waals surface area contributed by atoms with Crippen LogP contribution in [0.15, 0.2) is 18.2 Å². The normalized spacial score (nSPS) is 16.1. The largest absolute Gasteiger partial charge is 0.508 e. The van der Waals surface area contributed by atoms with Crippen molar-refractivity contribution >= 4 is 5.91 Å². The average Bonchev–Trinajstić information content (AvgIpc) is 2.82. The molecule has 2 rings (SSSR count). The monoisotopic (exact) mass is 233 g/mol. The maximum absolute atomic E-state index is 11.8. The molecule has 0 bridgehead atoms. The third kappa shape index (κ3) is 2.99. The number of nitrogens with one attached hydrogen (secondary N) is 1. The van der Waals surface area contributed by atoms with Gasteiger partial charge in [0.15, 0.2) is 0 Å². The topological polar surface area (TPSA) is 49.3 Å². The van der Waals surface area contributed by atoms with Crippen LogP contribution in [0.3, 0.4) is 0 Å². The average molecular weight is 233 g/mol. The molecular formula is C14H19NO2. The number of carbonyl (C=O) groups excluding carboxylic acids is 1. The van der Waals surface area contributed by atoms with Crippen molar-refractivity contribution < 1.29 is 9.90 Å². The number of aryl methyl sites for hydroxylation is 1. The Balaban J connectivity index is 1.92. The molecule has 0 radical (unpaired) electrons. The van der Waals surface area contributed by atoms with Crippen LogP contribution in [0.5, 0.6) is 5.75 Å². The zero-order valence-electron chi connectivity index (χ0n) is 10.2. The van der Waals surface area contributed by atoms with Gasteiger partial charge in [0, 0.05) is 12.1 Å². The van der Waals surface area contributed by atoms with Crippen molar-refractivity contribution in [1.29, 1.82) is 0 Å². The Hall–Kier alpha value is -1.51. The summed E-state index contributed by atoms with van der Waals surface area (Å²) in [7, 11) is 0. The predicted molar refractivity (Wildman–Crippen MR) is 67.1 cm³/mol. The first-order chi connectivity index (χ1) is 8.16. The summed E-state index contributed by atoms with van der Waals surface area (Å²) in [6, 6.07) is 5.04. The van der Waals surface area contributed by atoms with E-state index in [0.717, 1.165) is 12.1 Å². The highest BCUT2D eigenvalue weighted by atomic mass is 16.3. The van der Waals surface area contributed by atoms with Gasteiger partial charge in [-0.05, 0) is 43.4 Å². The van der Waals surface area contributed by atoms with Crippen LogP contribution in [0.1, 0.15) is 41.6 Å². The Kier molecular flexibility index (Phi) is 3.67. The fourth-order valence-corrected chi connectivity index (χ4v) is 2.30. The quantitative estimate of drug-likeness (QED) is 0.843. The van der Waals surface area contributed by atoms with Crippen LogP contribution >= 0.6 is 0 Å². The van der Waals surface area contributed by atoms with Crippen LogP contribution in [0.25, 0.3) is 0 Å². The third-order valence-corrected chi connectivity index (χ3v) is 3.50. The molecule has 0 heterocycles. The van der Waals surface area contributed by atoms with Crippen molar-refractivity contribution in [1.82, 2.24) is 5.32 Å². The van der Waals surface area contributed by atoms with E-state index in [2.05, 4.69) is 5.32 Å². The van der Waals surface area contributed by atoms with Crippen molar-refractivity contribution in [3.8, 4) is 5.75 Å². The Morgan fingerprint density at radius 2 is 2.12 bits per heavy atom. The third-order valence-electron chi connectivity index (χ3n) is 3.50. The summed E-state index contributed by atoms with van der Waals surface area (Å²) in [5, 5.41) is 12.5. The van der Waals surface area contributed by atoms with Gasteiger partial charge in [0.2, 0.25) is 0 Å². The van der Waals surface area contributed by atoms with Crippen LogP contribution < -0.4 is 5.32 Å². The van der Waals surface area contributed by atoms with Gasteiger partial charge in [0.25, 0.3) is 5.91 Å². The number of phenolic OH excluding ortho intramolecular Hbond substituents is 1. The Morgan fingerprint density at radius 3 is 2.76 bits per heavy atom. The second kappa shape index (κ2) is 5.21. The molecular weight excluding hydrogens is 214 g/mol. The molecule has 92 valence electrons. The van der Waals surface area contributed by atoms with Crippen LogP contribution in [0.4, 0.5) is 0 Å². The SMILES string of the molecule is Cc1ccc(C(=O)NCC2CCCC2)cc1O. The molecule has 0 spiro atoms. The lowest BCUT2D eigenvalue weighted by Gasteiger charge is -2.11. The Labute approximate surface area is 102 Å². The molecule has 1 saturated carbocycles. The first-order valence-corrected chi connectivity index (χ1v) is 6.24. The molecule has 1 aromatic carbocycles. The number of rotatable bonds is 3. The van der Waals surface area contributed by atoms with Crippen molar-refractivity contribution in [3.63, 3.8) is 0 Å². The summed E-state index contributed by atoms with van der Waals surface area (Å²) in [6.45, 7) is 2.57. The summed E-state index contributed by atoms with van der Waals surface area (Å²) >= 11 is 0. The maximum Gasteiger partial charge on any atom is 0.251 e. The second-order valence-electron chi connectivity index (χ2n) is 4.86. The van der Waals surface area contributed by atoms with Gasteiger partial charge >= 0.3 is 0 Å². The van der Waals surface area contributed by atoms with Gasteiger partial charge in [-0.2, -0.15) is 0 Å². The summed E-state index contributed by atoms with van der Waals surface area (Å²) in [5.74, 6) is 0.726. The lowest BCUT2D eigenvalue weighted by atomic mass is 10.1. The standard InChI is InChI=1S/C14H19NO2/c1-10-6-7-12(8-13(10)16)14(17)15-9-11-4-2-3-5-11/h6-8,11,16H,2-5,9H2,1H3,(H,15,17). The van der Waals surface area contributed by atoms with Gasteiger partial charge in [0.05, 0.1) is 0 Å². The summed E-state index contributed by atoms with van der Waals surface area (Å²) < 4.78 is 0. The molecule has 2 N–H and O–H groups in total. The first kappa shape index (κ1) is 12.0. The van der Waals surface area contributed by atoms with Crippen molar-refractivity contribution in [2.75, 3.05) is 6.54 Å². The van der Waals surface area contributed by atoms with E-state index in [1.165, 1.54) is 31.7 Å². The van der Waals surface area contributed by atoms with E-state index in [1.807, 2.05) is 6.92 Å². The molecule has 0 unspecified atom stereocenters. The van der Waals surface area contributed by atoms with Gasteiger partial charge in [-0.15, -0.1) is 0 Å². The molecule has 1 aromatic rings. The molecule has 1 amide bonds. The van der Waals surface area contributed by atoms with E-state index in [9.17, 15) is 9.90 Å². The number of carbonyl (C=O) groups is 1. The molecule has 0 aliphatic heterocycles. The fraction of sp³-hybridized carbons (Fsp3) is 0.500. The van der Waals surface area contributed by atoms with E-state index in [0.29, 0.717) is 11.5 Å². The fourth-order valence-electron chi connectivity index (χ4n) is 2.30. The summed E-state index contributed by atoms with van der Waals surface area (Å²) in [4.78, 5) is 11.8. The number of aromatic hydroxyl groups is 1. The minimum absolute atomic E-state index is 0.0906. The van der Waals surface area contributed by atoms with Crippen molar-refractivity contribution in [3.05, 3.63) is 29.3 Å². The van der Waals surface area contributed by atoms with E-state index >= 15 is 0 Å². The zero-order chi connectivity index (χ0) is 12.3. The van der Waals surface area contributed by atoms with Gasteiger partial charge in [-0.1, -0.05) is 18.9 Å². The highest BCUT2D eigenvalue weighted by molar-refractivity contribution is 5.94. The van der Waals surface area contributed by atoms with E-state index in [-0.39, 0.29) is 11.7 Å². The van der Waals surface area contributed by atoms with Gasteiger partial charge in [-0.25, -0.2) is 0 Å². The highest BCUT2D eigenvalue weighted by Gasteiger charge is 2.16. The van der Waals surface area contributed by atoms with E-state index in [4.69, 9.17) is 0 Å². The maximum atomic E-state index is 11.8. The number of hydrogen-bond donors (Lipinski definition) is 2. The van der Waals surface area contributed by atoms with E-state index < -0.39 is 0 Å². The smallest absolute Gasteiger partial charge is 0.251 e. The summed E-state index contributed by atoms with van der Waals surface area (Å²) in [5.41, 5.74) is 1.32. The van der Waals surface area contributed by atoms with Crippen molar-refractivity contribution in [2.24, 2.45) is 5.92 Å². The van der Waals surface area contributed by atoms with Crippen molar-refractivity contribution in [2.45, 2.75) is 32.6 Å². The molecule has 1 aliphatic carbocycles. The molecule has 1 fully saturated rings. The molecule has 17 heavy (non-hydrogen) atoms. The van der Waals surface area contributed by atoms with Gasteiger partial charge in [0.1, 0.15) is 5.75 Å². The number of amides is 1. The van der Waals surface area contributed by atoms with Crippen LogP contribution in [0.2, 0.25) is 0 Å². The highest BCUT2D eigenvalue weighted by Crippen LogP contribution is 2.24. The molecule has 0 saturated heterocycles. The minimum Gasteiger partial charge on any atom is -0.508 e. The van der Waals surface area contributed by atoms with E-state index in [1.54, 1.807) is 12.1 Å². The van der Waals surface area contributed by atoms with Crippen LogP contribution in [-0.2, 0) is 0 Å². The number of benzene rings is 1. The number of hydrogen-bond acceptors (Lipinski definition) is 2. The van der Waals surface area contributed by atoms with Gasteiger partial charge in [-0.3, -0.25) is 4.79 Å². The molecule has 0 aromatic heterocycles. The van der Waals surface area contributed by atoms with Gasteiger partial charge < -0.3 is 10.4 Å². The summed E-state index contributed by atoms with van der Waals surface area (Å²) in [6.07, 6.45) is 5.01. The predicted octanol–water partition coefficient (Wildman–Crippen LogP) is 2.62. The number of phenols is 1. The Bertz CT molecular complexity index is 409. The molecule has 1 aliphatic rings. The molecule has 0 atom stereocenters. The Morgan fingerprint density at radius 1 is 1.41 bits per heavy atom. The molecule has 3 heteroatoms. The lowest BCUT2D eigenvalue weighted by Crippen LogP contribution is -2.28. The zero-order valence-corrected chi connectivity index (χ0v) is 10.2. The minimum atomic E-state index is -0.0906. The molecule has 3 nitrogen and oxygen atoms in total.